The molecule has 0 spiro atoms. The number of rotatable bonds is 5. The van der Waals surface area contributed by atoms with Crippen LogP contribution >= 0.6 is 0 Å². The van der Waals surface area contributed by atoms with Crippen LogP contribution in [0.2, 0.25) is 0 Å². The summed E-state index contributed by atoms with van der Waals surface area (Å²) < 4.78 is 0. The summed E-state index contributed by atoms with van der Waals surface area (Å²) in [6, 6.07) is 0. The van der Waals surface area contributed by atoms with E-state index in [0.717, 1.165) is 281 Å². The largest absolute Gasteiger partial charge is 0.342 e. The second-order valence-electron chi connectivity index (χ2n) is 61.1. The van der Waals surface area contributed by atoms with Crippen molar-refractivity contribution >= 4 is 41.4 Å². The van der Waals surface area contributed by atoms with Crippen molar-refractivity contribution in [2.24, 2.45) is 249 Å². The first-order chi connectivity index (χ1) is 63.0. The zero-order chi connectivity index (χ0) is 105. The highest BCUT2D eigenvalue weighted by Gasteiger charge is 2.59. The van der Waals surface area contributed by atoms with Crippen molar-refractivity contribution < 1.29 is 33.6 Å². The first-order valence-corrected chi connectivity index (χ1v) is 57.7. The van der Waals surface area contributed by atoms with Gasteiger partial charge < -0.3 is 39.2 Å². The average Bonchev–Trinajstić information content (AvgIpc) is 2.26. The Morgan fingerprint density at radius 2 is 0.362 bits per heavy atom. The molecule has 0 aromatic heterocycles. The maximum Gasteiger partial charge on any atom is 0.227 e. The summed E-state index contributed by atoms with van der Waals surface area (Å²) in [6.45, 7) is 117. The molecule has 7 amide bonds. The van der Waals surface area contributed by atoms with Crippen LogP contribution in [0.5, 0.6) is 0 Å². The quantitative estimate of drug-likeness (QED) is 0.264. The lowest BCUT2D eigenvalue weighted by Gasteiger charge is -2.34. The van der Waals surface area contributed by atoms with E-state index in [1.165, 1.54) is 64.5 Å². The van der Waals surface area contributed by atoms with Gasteiger partial charge >= 0.3 is 0 Å². The minimum absolute atomic E-state index is 0.151. The maximum absolute atomic E-state index is 12.4. The molecule has 138 heavy (non-hydrogen) atoms. The molecule has 15 nitrogen and oxygen atoms in total. The number of likely N-dealkylation sites (tertiary alicyclic amines) is 8. The summed E-state index contributed by atoms with van der Waals surface area (Å²) >= 11 is 0. The first-order valence-electron chi connectivity index (χ1n) is 57.7. The number of hydrogen-bond donors (Lipinski definition) is 0. The molecule has 0 aromatic carbocycles. The van der Waals surface area contributed by atoms with Crippen molar-refractivity contribution in [3.8, 4) is 0 Å². The van der Waals surface area contributed by atoms with E-state index in [1.807, 2.05) is 83.1 Å². The molecule has 0 bridgehead atoms. The van der Waals surface area contributed by atoms with Crippen LogP contribution in [0.25, 0.3) is 0 Å². The summed E-state index contributed by atoms with van der Waals surface area (Å²) in [6.07, 6.45) is 13.3. The van der Waals surface area contributed by atoms with Gasteiger partial charge in [0, 0.05) is 147 Å². The van der Waals surface area contributed by atoms with Crippen molar-refractivity contribution in [1.82, 2.24) is 39.2 Å². The van der Waals surface area contributed by atoms with Crippen LogP contribution in [0.15, 0.2) is 0 Å². The molecule has 32 unspecified atom stereocenters. The van der Waals surface area contributed by atoms with Gasteiger partial charge in [0.2, 0.25) is 41.4 Å². The number of carbonyl (C=O) groups excluding carboxylic acids is 7. The molecule has 32 atom stereocenters. The van der Waals surface area contributed by atoms with Crippen LogP contribution in [0, 0.1) is 249 Å². The van der Waals surface area contributed by atoms with E-state index in [1.54, 1.807) is 0 Å². The molecule has 16 rings (SSSR count). The molecule has 798 valence electrons. The van der Waals surface area contributed by atoms with Crippen LogP contribution in [-0.4, -0.2) is 192 Å². The Balaban J connectivity index is 0.000000177. The van der Waals surface area contributed by atoms with Crippen molar-refractivity contribution in [3.05, 3.63) is 0 Å². The molecule has 8 aliphatic carbocycles. The normalized spacial score (nSPS) is 37.4. The standard InChI is InChI=1S/2C17H31NO.C16H29NO.4C15H27NO.C13H25N/c2*1-11-13-10-18(15(19)17(5,6)7)9-12(13)8-14(11)16(2,3)4;1-10(2)15(18)17-8-12-7-14(16(4,5)6)11(3)13(12)9-17;4*1-6-14(17)16-8-11-7-13(15(3,4)5)10(2)12(11)9-16;1-9-11-8-14(5)7-10(11)6-12(9)13(2,3)4/h2*11-14H,8-10H2,1-7H3;10-14H,7-9H2,1-6H3;4*10-13H,6-9H2,1-5H3;9-12H,6-8H2,1-5H3. The zero-order valence-corrected chi connectivity index (χ0v) is 98.8. The third-order valence-corrected chi connectivity index (χ3v) is 41.2. The van der Waals surface area contributed by atoms with Gasteiger partial charge in [-0.3, -0.25) is 33.6 Å². The van der Waals surface area contributed by atoms with Gasteiger partial charge in [-0.2, -0.15) is 0 Å². The average molecular weight is 1930 g/mol. The predicted octanol–water partition coefficient (Wildman–Crippen LogP) is 26.6. The summed E-state index contributed by atoms with van der Waals surface area (Å²) in [5.41, 5.74) is 2.96. The Morgan fingerprint density at radius 3 is 0.507 bits per heavy atom. The second-order valence-corrected chi connectivity index (χ2v) is 61.1. The third kappa shape index (κ3) is 27.4. The number of carbonyl (C=O) groups is 7. The fraction of sp³-hybridized carbons (Fsp3) is 0.943. The first kappa shape index (κ1) is 118. The Bertz CT molecular complexity index is 3680. The van der Waals surface area contributed by atoms with E-state index in [9.17, 15) is 33.6 Å². The summed E-state index contributed by atoms with van der Waals surface area (Å²) in [4.78, 5) is 101. The molecule has 0 aromatic rings. The van der Waals surface area contributed by atoms with Gasteiger partial charge in [-0.05, 0) is 291 Å². The van der Waals surface area contributed by atoms with Crippen LogP contribution in [0.4, 0.5) is 0 Å². The predicted molar refractivity (Wildman–Crippen MR) is 578 cm³/mol. The lowest BCUT2D eigenvalue weighted by Crippen LogP contribution is -2.39. The fourth-order valence-electron chi connectivity index (χ4n) is 33.5. The summed E-state index contributed by atoms with van der Waals surface area (Å²) in [5, 5.41) is 0. The lowest BCUT2D eigenvalue weighted by molar-refractivity contribution is -0.139. The Hall–Kier alpha value is -3.75. The summed E-state index contributed by atoms with van der Waals surface area (Å²) in [7, 11) is 2.27. The van der Waals surface area contributed by atoms with Gasteiger partial charge in [-0.15, -0.1) is 0 Å². The van der Waals surface area contributed by atoms with Gasteiger partial charge in [-0.25, -0.2) is 0 Å². The number of hydrogen-bond acceptors (Lipinski definition) is 8. The minimum Gasteiger partial charge on any atom is -0.342 e. The molecule has 0 N–H and O–H groups in total. The highest BCUT2D eigenvalue weighted by atomic mass is 16.2. The van der Waals surface area contributed by atoms with E-state index in [-0.39, 0.29) is 16.7 Å². The smallest absolute Gasteiger partial charge is 0.227 e. The van der Waals surface area contributed by atoms with Gasteiger partial charge in [0.1, 0.15) is 0 Å². The second kappa shape index (κ2) is 44.7. The van der Waals surface area contributed by atoms with Crippen LogP contribution in [0.3, 0.4) is 0 Å². The lowest BCUT2D eigenvalue weighted by atomic mass is 9.74. The van der Waals surface area contributed by atoms with Crippen LogP contribution in [-0.2, 0) is 33.6 Å². The molecule has 15 heteroatoms. The van der Waals surface area contributed by atoms with Gasteiger partial charge in [0.05, 0.1) is 0 Å². The van der Waals surface area contributed by atoms with E-state index < -0.39 is 0 Å². The Kier molecular flexibility index (Phi) is 38.2. The van der Waals surface area contributed by atoms with Crippen molar-refractivity contribution in [3.63, 3.8) is 0 Å². The van der Waals surface area contributed by atoms with Crippen LogP contribution < -0.4 is 0 Å². The molecule has 8 saturated heterocycles. The van der Waals surface area contributed by atoms with Gasteiger partial charge in [0.15, 0.2) is 0 Å². The SMILES string of the molecule is CC(C)C(=O)N1CC2CC(C(C)(C)C)C(C)C2C1.CC1C2CN(C(=O)C(C)(C)C)CC2CC1C(C)(C)C.CC1C2CN(C(=O)C(C)(C)C)CC2CC1C(C)(C)C.CC1C2CN(C)CC2CC1C(C)(C)C.CCC(=O)N1CC2CC(C(C)(C)C)C(C)C2C1.CCC(=O)N1CC2CC(C(C)(C)C)C(C)C2C1.CCC(=O)N1CC2CC(C(C)(C)C)C(C)C2C1.CCC(=O)N1CC2CC(C(C)(C)C)C(C)C2C1. The third-order valence-electron chi connectivity index (χ3n) is 41.2. The molecule has 16 fully saturated rings. The molecule has 16 aliphatic rings. The number of amides is 7. The molecule has 0 radical (unpaired) electrons. The molecular formula is C123H224N8O7. The minimum atomic E-state index is -0.231. The maximum atomic E-state index is 12.4. The zero-order valence-electron chi connectivity index (χ0n) is 98.8. The van der Waals surface area contributed by atoms with Crippen LogP contribution in [0.1, 0.15) is 382 Å². The highest BCUT2D eigenvalue weighted by Crippen LogP contribution is 2.61. The molecule has 8 heterocycles. The van der Waals surface area contributed by atoms with Crippen molar-refractivity contribution in [1.29, 1.82) is 0 Å². The van der Waals surface area contributed by atoms with E-state index >= 15 is 0 Å². The van der Waals surface area contributed by atoms with Crippen molar-refractivity contribution in [2.75, 3.05) is 112 Å². The number of nitrogens with zero attached hydrogens (tertiary/aromatic N) is 8. The van der Waals surface area contributed by atoms with Gasteiger partial charge in [-0.1, -0.05) is 305 Å². The van der Waals surface area contributed by atoms with Gasteiger partial charge in [0.25, 0.3) is 0 Å². The number of fused-ring (bicyclic) bond motifs is 8. The highest BCUT2D eigenvalue weighted by molar-refractivity contribution is 5.83. The topological polar surface area (TPSA) is 145 Å². The van der Waals surface area contributed by atoms with Crippen molar-refractivity contribution in [2.45, 2.75) is 382 Å². The van der Waals surface area contributed by atoms with E-state index in [0.29, 0.717) is 110 Å². The Labute approximate surface area is 851 Å². The fourth-order valence-corrected chi connectivity index (χ4v) is 33.5. The molecule has 8 aliphatic heterocycles. The summed E-state index contributed by atoms with van der Waals surface area (Å²) in [5.74, 6) is 28.1. The molecular weight excluding hydrogens is 1700 g/mol. The van der Waals surface area contributed by atoms with E-state index in [2.05, 4.69) is 268 Å². The molecule has 8 saturated carbocycles. The monoisotopic (exact) mass is 1930 g/mol. The van der Waals surface area contributed by atoms with E-state index in [4.69, 9.17) is 0 Å². The Morgan fingerprint density at radius 1 is 0.217 bits per heavy atom.